The fourth-order valence-corrected chi connectivity index (χ4v) is 5.47. The molecule has 0 radical (unpaired) electrons. The lowest BCUT2D eigenvalue weighted by molar-refractivity contribution is 0.334. The molecule has 5 aromatic rings. The van der Waals surface area contributed by atoms with E-state index in [-0.39, 0.29) is 6.04 Å². The van der Waals surface area contributed by atoms with Crippen molar-refractivity contribution in [2.45, 2.75) is 19.4 Å². The fourth-order valence-electron chi connectivity index (χ4n) is 4.58. The minimum atomic E-state index is -0.0989. The maximum absolute atomic E-state index is 6.37. The molecule has 1 aliphatic heterocycles. The van der Waals surface area contributed by atoms with Gasteiger partial charge in [0, 0.05) is 28.0 Å². The maximum Gasteiger partial charge on any atom is 0.247 e. The van der Waals surface area contributed by atoms with Gasteiger partial charge >= 0.3 is 0 Å². The molecule has 36 heavy (non-hydrogen) atoms. The van der Waals surface area contributed by atoms with E-state index in [1.54, 1.807) is 11.3 Å². The highest BCUT2D eigenvalue weighted by molar-refractivity contribution is 7.12. The SMILES string of the molecule is CCOc1ccccc1[C@@H]1CC(c2cccs2)=NN1c1nc(-c2ccccc2)c2cc(Cl)ccc2n1. The van der Waals surface area contributed by atoms with Crippen molar-refractivity contribution in [3.63, 3.8) is 0 Å². The maximum atomic E-state index is 6.37. The average molecular weight is 511 g/mol. The summed E-state index contributed by atoms with van der Waals surface area (Å²) in [6.07, 6.45) is 0.729. The van der Waals surface area contributed by atoms with Crippen LogP contribution in [0.4, 0.5) is 5.95 Å². The van der Waals surface area contributed by atoms with Gasteiger partial charge in [-0.2, -0.15) is 5.10 Å². The Labute approximate surface area is 218 Å². The zero-order valence-electron chi connectivity index (χ0n) is 19.6. The predicted molar refractivity (Wildman–Crippen MR) is 148 cm³/mol. The molecule has 1 aliphatic rings. The van der Waals surface area contributed by atoms with E-state index in [1.807, 2.05) is 66.5 Å². The van der Waals surface area contributed by atoms with Crippen LogP contribution in [0.25, 0.3) is 22.2 Å². The van der Waals surface area contributed by atoms with E-state index >= 15 is 0 Å². The van der Waals surface area contributed by atoms with E-state index in [1.165, 1.54) is 0 Å². The molecule has 0 aliphatic carbocycles. The lowest BCUT2D eigenvalue weighted by Gasteiger charge is -2.24. The number of hydrazone groups is 1. The molecule has 0 amide bonds. The lowest BCUT2D eigenvalue weighted by atomic mass is 10.00. The van der Waals surface area contributed by atoms with E-state index < -0.39 is 0 Å². The van der Waals surface area contributed by atoms with Crippen LogP contribution in [0.1, 0.15) is 29.8 Å². The largest absolute Gasteiger partial charge is 0.494 e. The summed E-state index contributed by atoms with van der Waals surface area (Å²) in [7, 11) is 0. The van der Waals surface area contributed by atoms with Crippen LogP contribution < -0.4 is 9.75 Å². The van der Waals surface area contributed by atoms with Crippen molar-refractivity contribution in [3.05, 3.63) is 106 Å². The van der Waals surface area contributed by atoms with Crippen molar-refractivity contribution < 1.29 is 4.74 Å². The number of hydrogen-bond acceptors (Lipinski definition) is 6. The molecule has 0 bridgehead atoms. The lowest BCUT2D eigenvalue weighted by Crippen LogP contribution is -2.22. The van der Waals surface area contributed by atoms with Crippen LogP contribution in [0.15, 0.2) is 95.4 Å². The van der Waals surface area contributed by atoms with Crippen LogP contribution >= 0.6 is 22.9 Å². The van der Waals surface area contributed by atoms with Gasteiger partial charge in [0.1, 0.15) is 5.75 Å². The third-order valence-electron chi connectivity index (χ3n) is 6.19. The highest BCUT2D eigenvalue weighted by Crippen LogP contribution is 2.41. The van der Waals surface area contributed by atoms with Gasteiger partial charge in [0.25, 0.3) is 0 Å². The van der Waals surface area contributed by atoms with Crippen LogP contribution in [0.5, 0.6) is 5.75 Å². The summed E-state index contributed by atoms with van der Waals surface area (Å²) in [5.41, 5.74) is 4.73. The van der Waals surface area contributed by atoms with E-state index in [4.69, 9.17) is 31.4 Å². The quantitative estimate of drug-likeness (QED) is 0.234. The monoisotopic (exact) mass is 510 g/mol. The number of fused-ring (bicyclic) bond motifs is 1. The Morgan fingerprint density at radius 3 is 2.61 bits per heavy atom. The van der Waals surface area contributed by atoms with E-state index in [2.05, 4.69) is 35.7 Å². The third-order valence-corrected chi connectivity index (χ3v) is 7.35. The van der Waals surface area contributed by atoms with Crippen molar-refractivity contribution >= 4 is 45.5 Å². The highest BCUT2D eigenvalue weighted by Gasteiger charge is 2.34. The van der Waals surface area contributed by atoms with Crippen LogP contribution in [0.2, 0.25) is 5.02 Å². The summed E-state index contributed by atoms with van der Waals surface area (Å²) >= 11 is 8.06. The van der Waals surface area contributed by atoms with Gasteiger partial charge < -0.3 is 4.74 Å². The summed E-state index contributed by atoms with van der Waals surface area (Å²) in [6.45, 7) is 2.59. The number of benzene rings is 3. The predicted octanol–water partition coefficient (Wildman–Crippen LogP) is 7.77. The second-order valence-corrected chi connectivity index (χ2v) is 9.84. The van der Waals surface area contributed by atoms with Crippen LogP contribution in [0, 0.1) is 0 Å². The molecular formula is C29H23ClN4OS. The molecule has 0 saturated carbocycles. The number of para-hydroxylation sites is 1. The summed E-state index contributed by atoms with van der Waals surface area (Å²) in [5, 5.41) is 10.7. The highest BCUT2D eigenvalue weighted by atomic mass is 35.5. The van der Waals surface area contributed by atoms with Crippen LogP contribution in [0.3, 0.4) is 0 Å². The molecule has 0 spiro atoms. The molecule has 0 N–H and O–H groups in total. The number of nitrogens with zero attached hydrogens (tertiary/aromatic N) is 4. The minimum absolute atomic E-state index is 0.0989. The molecule has 3 aromatic carbocycles. The first-order valence-corrected chi connectivity index (χ1v) is 13.1. The third kappa shape index (κ3) is 4.23. The zero-order valence-corrected chi connectivity index (χ0v) is 21.2. The number of aromatic nitrogens is 2. The first-order valence-electron chi connectivity index (χ1n) is 11.9. The van der Waals surface area contributed by atoms with Crippen molar-refractivity contribution in [1.29, 1.82) is 0 Å². The first kappa shape index (κ1) is 22.7. The van der Waals surface area contributed by atoms with Gasteiger partial charge in [-0.15, -0.1) is 11.3 Å². The molecule has 0 unspecified atom stereocenters. The fraction of sp³-hybridized carbons (Fsp3) is 0.138. The number of thiophene rings is 1. The molecule has 178 valence electrons. The van der Waals surface area contributed by atoms with E-state index in [9.17, 15) is 0 Å². The Morgan fingerprint density at radius 1 is 0.972 bits per heavy atom. The van der Waals surface area contributed by atoms with Gasteiger partial charge in [-0.05, 0) is 42.6 Å². The van der Waals surface area contributed by atoms with Gasteiger partial charge in [-0.25, -0.2) is 15.0 Å². The molecule has 5 nitrogen and oxygen atoms in total. The first-order chi connectivity index (χ1) is 17.7. The molecular weight excluding hydrogens is 488 g/mol. The summed E-state index contributed by atoms with van der Waals surface area (Å²) in [5.74, 6) is 1.40. The Kier molecular flexibility index (Phi) is 6.13. The number of halogens is 1. The minimum Gasteiger partial charge on any atom is -0.494 e. The normalized spacial score (nSPS) is 15.3. The molecule has 3 heterocycles. The zero-order chi connectivity index (χ0) is 24.5. The van der Waals surface area contributed by atoms with Crippen LogP contribution in [-0.2, 0) is 0 Å². The molecule has 1 atom stereocenters. The van der Waals surface area contributed by atoms with Crippen molar-refractivity contribution in [3.8, 4) is 17.0 Å². The topological polar surface area (TPSA) is 50.6 Å². The van der Waals surface area contributed by atoms with Gasteiger partial charge in [0.15, 0.2) is 0 Å². The Hall–Kier alpha value is -3.74. The van der Waals surface area contributed by atoms with Crippen molar-refractivity contribution in [2.75, 3.05) is 11.6 Å². The number of anilines is 1. The number of ether oxygens (including phenoxy) is 1. The standard InChI is InChI=1S/C29H23ClN4OS/c1-2-35-26-12-7-6-11-21(26)25-18-24(27-13-8-16-36-27)33-34(25)29-31-23-15-14-20(30)17-22(23)28(32-29)19-9-4-3-5-10-19/h3-17,25H,2,18H2,1H3/t25-/m0/s1. The van der Waals surface area contributed by atoms with E-state index in [0.717, 1.165) is 50.5 Å². The Balaban J connectivity index is 1.55. The van der Waals surface area contributed by atoms with Crippen LogP contribution in [-0.4, -0.2) is 22.3 Å². The molecule has 7 heteroatoms. The molecule has 0 fully saturated rings. The van der Waals surface area contributed by atoms with Gasteiger partial charge in [-0.3, -0.25) is 0 Å². The van der Waals surface area contributed by atoms with E-state index in [0.29, 0.717) is 17.6 Å². The summed E-state index contributed by atoms with van der Waals surface area (Å²) in [4.78, 5) is 11.2. The second-order valence-electron chi connectivity index (χ2n) is 8.46. The van der Waals surface area contributed by atoms with Crippen molar-refractivity contribution in [2.24, 2.45) is 5.10 Å². The van der Waals surface area contributed by atoms with Gasteiger partial charge in [0.05, 0.1) is 34.4 Å². The van der Waals surface area contributed by atoms with Gasteiger partial charge in [0.2, 0.25) is 5.95 Å². The molecule has 0 saturated heterocycles. The Morgan fingerprint density at radius 2 is 1.81 bits per heavy atom. The molecule has 2 aromatic heterocycles. The summed E-state index contributed by atoms with van der Waals surface area (Å²) < 4.78 is 6.01. The number of rotatable bonds is 6. The molecule has 6 rings (SSSR count). The summed E-state index contributed by atoms with van der Waals surface area (Å²) in [6, 6.07) is 28.1. The number of hydrogen-bond donors (Lipinski definition) is 0. The Bertz CT molecular complexity index is 1550. The smallest absolute Gasteiger partial charge is 0.247 e. The second kappa shape index (κ2) is 9.72. The average Bonchev–Trinajstić information content (AvgIpc) is 3.60. The van der Waals surface area contributed by atoms with Crippen molar-refractivity contribution in [1.82, 2.24) is 9.97 Å². The van der Waals surface area contributed by atoms with Gasteiger partial charge in [-0.1, -0.05) is 66.2 Å².